The molecule has 0 aliphatic rings. The molecule has 5 heteroatoms. The van der Waals surface area contributed by atoms with Crippen molar-refractivity contribution < 1.29 is 9.53 Å². The first-order valence-corrected chi connectivity index (χ1v) is 5.42. The number of benzene rings is 1. The summed E-state index contributed by atoms with van der Waals surface area (Å²) >= 11 is 0. The molecule has 0 bridgehead atoms. The summed E-state index contributed by atoms with van der Waals surface area (Å²) in [6.45, 7) is 1.44. The van der Waals surface area contributed by atoms with Crippen LogP contribution in [0.2, 0.25) is 0 Å². The summed E-state index contributed by atoms with van der Waals surface area (Å²) in [7, 11) is 0. The zero-order valence-corrected chi connectivity index (χ0v) is 9.88. The van der Waals surface area contributed by atoms with E-state index in [2.05, 4.69) is 10.3 Å². The minimum atomic E-state index is -0.167. The van der Waals surface area contributed by atoms with Gasteiger partial charge in [-0.2, -0.15) is 0 Å². The number of aromatic nitrogens is 1. The van der Waals surface area contributed by atoms with Crippen LogP contribution in [0.1, 0.15) is 6.92 Å². The van der Waals surface area contributed by atoms with Crippen molar-refractivity contribution >= 4 is 17.3 Å². The predicted octanol–water partition coefficient (Wildman–Crippen LogP) is 2.41. The largest absolute Gasteiger partial charge is 0.435 e. The molecular weight excluding hydrogens is 230 g/mol. The number of rotatable bonds is 3. The van der Waals surface area contributed by atoms with Crippen molar-refractivity contribution in [2.75, 3.05) is 11.1 Å². The van der Waals surface area contributed by atoms with Crippen LogP contribution >= 0.6 is 0 Å². The molecule has 0 fully saturated rings. The van der Waals surface area contributed by atoms with Gasteiger partial charge >= 0.3 is 0 Å². The summed E-state index contributed by atoms with van der Waals surface area (Å²) in [6.07, 6.45) is 1.59. The third-order valence-corrected chi connectivity index (χ3v) is 2.20. The van der Waals surface area contributed by atoms with Crippen LogP contribution in [-0.2, 0) is 4.79 Å². The van der Waals surface area contributed by atoms with Gasteiger partial charge in [0.2, 0.25) is 11.8 Å². The molecular formula is C13H13N3O2. The van der Waals surface area contributed by atoms with Gasteiger partial charge in [0.05, 0.1) is 11.4 Å². The van der Waals surface area contributed by atoms with Crippen molar-refractivity contribution in [3.8, 4) is 11.6 Å². The number of carbonyl (C=O) groups excluding carboxylic acids is 1. The summed E-state index contributed by atoms with van der Waals surface area (Å²) in [5, 5.41) is 2.68. The fourth-order valence-electron chi connectivity index (χ4n) is 1.44. The number of nitrogens with one attached hydrogen (secondary N) is 1. The number of nitrogen functional groups attached to an aromatic ring is 1. The minimum absolute atomic E-state index is 0.167. The van der Waals surface area contributed by atoms with E-state index in [-0.39, 0.29) is 5.91 Å². The van der Waals surface area contributed by atoms with E-state index in [0.717, 1.165) is 0 Å². The van der Waals surface area contributed by atoms with Crippen LogP contribution in [0.15, 0.2) is 42.6 Å². The maximum Gasteiger partial charge on any atom is 0.242 e. The van der Waals surface area contributed by atoms with Gasteiger partial charge in [0.15, 0.2) is 5.75 Å². The Hall–Kier alpha value is -2.56. The lowest BCUT2D eigenvalue weighted by Crippen LogP contribution is -2.07. The van der Waals surface area contributed by atoms with Crippen LogP contribution in [0.3, 0.4) is 0 Å². The highest BCUT2D eigenvalue weighted by Gasteiger charge is 2.08. The molecule has 0 aliphatic carbocycles. The lowest BCUT2D eigenvalue weighted by atomic mass is 10.3. The Morgan fingerprint density at radius 3 is 2.78 bits per heavy atom. The molecule has 2 rings (SSSR count). The van der Waals surface area contributed by atoms with Crippen LogP contribution in [0.5, 0.6) is 11.6 Å². The van der Waals surface area contributed by atoms with Crippen LogP contribution < -0.4 is 15.8 Å². The summed E-state index contributed by atoms with van der Waals surface area (Å²) in [5.41, 5.74) is 6.76. The fourth-order valence-corrected chi connectivity index (χ4v) is 1.44. The number of nitrogens with zero attached hydrogens (tertiary/aromatic N) is 1. The van der Waals surface area contributed by atoms with Crippen molar-refractivity contribution in [2.45, 2.75) is 6.92 Å². The van der Waals surface area contributed by atoms with Gasteiger partial charge in [-0.05, 0) is 24.3 Å². The Bertz CT molecular complexity index is 570. The van der Waals surface area contributed by atoms with Gasteiger partial charge in [0, 0.05) is 13.1 Å². The summed E-state index contributed by atoms with van der Waals surface area (Å²) < 4.78 is 5.59. The first-order valence-electron chi connectivity index (χ1n) is 5.42. The lowest BCUT2D eigenvalue weighted by molar-refractivity contribution is -0.114. The van der Waals surface area contributed by atoms with E-state index in [1.807, 2.05) is 0 Å². The summed E-state index contributed by atoms with van der Waals surface area (Å²) in [6, 6.07) is 10.5. The number of carbonyl (C=O) groups is 1. The molecule has 18 heavy (non-hydrogen) atoms. The number of hydrogen-bond donors (Lipinski definition) is 2. The zero-order valence-electron chi connectivity index (χ0n) is 9.88. The van der Waals surface area contributed by atoms with Crippen molar-refractivity contribution in [1.29, 1.82) is 0 Å². The SMILES string of the molecule is CC(=O)Nc1ccccc1Oc1ncccc1N. The predicted molar refractivity (Wildman–Crippen MR) is 69.5 cm³/mol. The standard InChI is InChI=1S/C13H13N3O2/c1-9(17)16-11-6-2-3-7-12(11)18-13-10(14)5-4-8-15-13/h2-8H,14H2,1H3,(H,16,17). The Labute approximate surface area is 105 Å². The molecule has 0 saturated carbocycles. The number of pyridine rings is 1. The quantitative estimate of drug-likeness (QED) is 0.867. The van der Waals surface area contributed by atoms with Crippen LogP contribution in [0, 0.1) is 0 Å². The molecule has 1 aromatic carbocycles. The molecule has 3 N–H and O–H groups in total. The number of amides is 1. The van der Waals surface area contributed by atoms with Crippen molar-refractivity contribution in [2.24, 2.45) is 0 Å². The molecule has 1 heterocycles. The first kappa shape index (κ1) is 11.9. The average molecular weight is 243 g/mol. The summed E-state index contributed by atoms with van der Waals surface area (Å²) in [4.78, 5) is 15.1. The molecule has 0 aliphatic heterocycles. The Balaban J connectivity index is 2.29. The molecule has 5 nitrogen and oxygen atoms in total. The number of ether oxygens (including phenoxy) is 1. The van der Waals surface area contributed by atoms with E-state index in [0.29, 0.717) is 23.0 Å². The van der Waals surface area contributed by atoms with Crippen LogP contribution in [0.25, 0.3) is 0 Å². The lowest BCUT2D eigenvalue weighted by Gasteiger charge is -2.11. The van der Waals surface area contributed by atoms with Gasteiger partial charge < -0.3 is 15.8 Å². The van der Waals surface area contributed by atoms with Gasteiger partial charge in [-0.15, -0.1) is 0 Å². The van der Waals surface area contributed by atoms with E-state index >= 15 is 0 Å². The second-order valence-electron chi connectivity index (χ2n) is 3.68. The highest BCUT2D eigenvalue weighted by atomic mass is 16.5. The monoisotopic (exact) mass is 243 g/mol. The van der Waals surface area contributed by atoms with Gasteiger partial charge in [-0.25, -0.2) is 4.98 Å². The highest BCUT2D eigenvalue weighted by Crippen LogP contribution is 2.30. The third kappa shape index (κ3) is 2.76. The third-order valence-electron chi connectivity index (χ3n) is 2.20. The number of nitrogens with two attached hydrogens (primary N) is 1. The van der Waals surface area contributed by atoms with Crippen LogP contribution in [0.4, 0.5) is 11.4 Å². The fraction of sp³-hybridized carbons (Fsp3) is 0.0769. The molecule has 1 amide bonds. The van der Waals surface area contributed by atoms with E-state index < -0.39 is 0 Å². The topological polar surface area (TPSA) is 77.2 Å². The molecule has 0 spiro atoms. The van der Waals surface area contributed by atoms with Gasteiger partial charge in [0.1, 0.15) is 0 Å². The maximum atomic E-state index is 11.1. The van der Waals surface area contributed by atoms with Crippen molar-refractivity contribution in [3.63, 3.8) is 0 Å². The molecule has 2 aromatic rings. The first-order chi connectivity index (χ1) is 8.66. The maximum absolute atomic E-state index is 11.1. The Morgan fingerprint density at radius 2 is 2.06 bits per heavy atom. The Morgan fingerprint density at radius 1 is 1.28 bits per heavy atom. The number of anilines is 2. The van der Waals surface area contributed by atoms with Crippen LogP contribution in [-0.4, -0.2) is 10.9 Å². The highest BCUT2D eigenvalue weighted by molar-refractivity contribution is 5.90. The van der Waals surface area contributed by atoms with Gasteiger partial charge in [0.25, 0.3) is 0 Å². The van der Waals surface area contributed by atoms with E-state index in [1.54, 1.807) is 42.6 Å². The van der Waals surface area contributed by atoms with Gasteiger partial charge in [-0.3, -0.25) is 4.79 Å². The number of para-hydroxylation sites is 2. The van der Waals surface area contributed by atoms with Crippen molar-refractivity contribution in [3.05, 3.63) is 42.6 Å². The van der Waals surface area contributed by atoms with Gasteiger partial charge in [-0.1, -0.05) is 12.1 Å². The second-order valence-corrected chi connectivity index (χ2v) is 3.68. The zero-order chi connectivity index (χ0) is 13.0. The molecule has 0 atom stereocenters. The van der Waals surface area contributed by atoms with Crippen molar-refractivity contribution in [1.82, 2.24) is 4.98 Å². The molecule has 92 valence electrons. The second kappa shape index (κ2) is 5.18. The Kier molecular flexibility index (Phi) is 3.43. The molecule has 0 unspecified atom stereocenters. The smallest absolute Gasteiger partial charge is 0.242 e. The minimum Gasteiger partial charge on any atom is -0.435 e. The van der Waals surface area contributed by atoms with E-state index in [1.165, 1.54) is 6.92 Å². The molecule has 0 radical (unpaired) electrons. The van der Waals surface area contributed by atoms with E-state index in [9.17, 15) is 4.79 Å². The molecule has 1 aromatic heterocycles. The van der Waals surface area contributed by atoms with E-state index in [4.69, 9.17) is 10.5 Å². The normalized spacial score (nSPS) is 9.83. The molecule has 0 saturated heterocycles. The summed E-state index contributed by atoms with van der Waals surface area (Å²) in [5.74, 6) is 0.647. The number of hydrogen-bond acceptors (Lipinski definition) is 4. The average Bonchev–Trinajstić information content (AvgIpc) is 2.34.